The fourth-order valence-electron chi connectivity index (χ4n) is 4.26. The Balaban J connectivity index is 1.89. The molecule has 1 aliphatic carbocycles. The van der Waals surface area contributed by atoms with Crippen molar-refractivity contribution in [2.75, 3.05) is 7.11 Å². The molecule has 3 nitrogen and oxygen atoms in total. The number of carbonyl (C=O) groups is 1. The number of fused-ring (bicyclic) bond motifs is 2. The standard InChI is InChI=1S/C17H23NO2/c1-11-9-14-10-15(11)16(17(19)20-3)18(14)12(2)13-7-5-4-6-8-13/h4-8,11-12,14-16H,9-10H2,1-3H3/t11?,12-,14-,15-,16+/m1/s1. The van der Waals surface area contributed by atoms with Gasteiger partial charge in [0, 0.05) is 12.1 Å². The molecule has 3 rings (SSSR count). The maximum absolute atomic E-state index is 12.2. The monoisotopic (exact) mass is 273 g/mol. The summed E-state index contributed by atoms with van der Waals surface area (Å²) in [5, 5.41) is 0. The molecule has 1 saturated carbocycles. The highest BCUT2D eigenvalue weighted by molar-refractivity contribution is 5.77. The van der Waals surface area contributed by atoms with Crippen LogP contribution in [0.4, 0.5) is 0 Å². The molecule has 1 aromatic carbocycles. The van der Waals surface area contributed by atoms with E-state index in [4.69, 9.17) is 4.74 Å². The van der Waals surface area contributed by atoms with Crippen molar-refractivity contribution in [3.05, 3.63) is 35.9 Å². The first kappa shape index (κ1) is 13.6. The molecule has 20 heavy (non-hydrogen) atoms. The Labute approximate surface area is 120 Å². The van der Waals surface area contributed by atoms with Gasteiger partial charge in [-0.25, -0.2) is 0 Å². The number of esters is 1. The Kier molecular flexibility index (Phi) is 3.55. The fraction of sp³-hybridized carbons (Fsp3) is 0.588. The van der Waals surface area contributed by atoms with Gasteiger partial charge in [0.05, 0.1) is 7.11 Å². The summed E-state index contributed by atoms with van der Waals surface area (Å²) in [4.78, 5) is 14.6. The summed E-state index contributed by atoms with van der Waals surface area (Å²) in [6.45, 7) is 4.47. The summed E-state index contributed by atoms with van der Waals surface area (Å²) in [7, 11) is 1.50. The number of rotatable bonds is 3. The molecule has 2 aliphatic rings. The zero-order valence-corrected chi connectivity index (χ0v) is 12.5. The SMILES string of the molecule is COC(=O)[C@@H]1[C@@H]2C[C@@H](CC2C)N1[C@H](C)c1ccccc1. The zero-order valence-electron chi connectivity index (χ0n) is 12.5. The number of nitrogens with zero attached hydrogens (tertiary/aromatic N) is 1. The van der Waals surface area contributed by atoms with Gasteiger partial charge >= 0.3 is 5.97 Å². The topological polar surface area (TPSA) is 29.5 Å². The van der Waals surface area contributed by atoms with Gasteiger partial charge in [-0.15, -0.1) is 0 Å². The highest BCUT2D eigenvalue weighted by atomic mass is 16.5. The second-order valence-electron chi connectivity index (χ2n) is 6.27. The van der Waals surface area contributed by atoms with Crippen LogP contribution in [0, 0.1) is 11.8 Å². The highest BCUT2D eigenvalue weighted by Crippen LogP contribution is 2.49. The van der Waals surface area contributed by atoms with E-state index in [1.807, 2.05) is 6.07 Å². The van der Waals surface area contributed by atoms with Crippen LogP contribution in [-0.4, -0.2) is 30.1 Å². The second-order valence-corrected chi connectivity index (χ2v) is 6.27. The third-order valence-corrected chi connectivity index (χ3v) is 5.24. The van der Waals surface area contributed by atoms with Gasteiger partial charge in [0.25, 0.3) is 0 Å². The fourth-order valence-corrected chi connectivity index (χ4v) is 4.26. The van der Waals surface area contributed by atoms with Crippen LogP contribution in [0.2, 0.25) is 0 Å². The molecule has 108 valence electrons. The van der Waals surface area contributed by atoms with E-state index in [9.17, 15) is 4.79 Å². The van der Waals surface area contributed by atoms with E-state index in [-0.39, 0.29) is 18.1 Å². The number of hydrogen-bond donors (Lipinski definition) is 0. The van der Waals surface area contributed by atoms with Crippen LogP contribution < -0.4 is 0 Å². The Hall–Kier alpha value is -1.35. The van der Waals surface area contributed by atoms with Crippen molar-refractivity contribution in [3.8, 4) is 0 Å². The number of benzene rings is 1. The normalized spacial score (nSPS) is 34.1. The summed E-state index contributed by atoms with van der Waals surface area (Å²) in [5.41, 5.74) is 1.28. The molecule has 0 spiro atoms. The molecule has 0 N–H and O–H groups in total. The minimum Gasteiger partial charge on any atom is -0.468 e. The van der Waals surface area contributed by atoms with E-state index in [2.05, 4.69) is 43.0 Å². The summed E-state index contributed by atoms with van der Waals surface area (Å²) in [6.07, 6.45) is 2.34. The largest absolute Gasteiger partial charge is 0.468 e. The molecule has 2 bridgehead atoms. The molecular formula is C17H23NO2. The van der Waals surface area contributed by atoms with E-state index in [0.717, 1.165) is 6.42 Å². The van der Waals surface area contributed by atoms with Crippen molar-refractivity contribution >= 4 is 5.97 Å². The van der Waals surface area contributed by atoms with Crippen LogP contribution in [0.15, 0.2) is 30.3 Å². The molecule has 5 atom stereocenters. The molecule has 1 aliphatic heterocycles. The molecule has 2 fully saturated rings. The number of piperidine rings is 1. The lowest BCUT2D eigenvalue weighted by Gasteiger charge is -2.40. The molecule has 0 radical (unpaired) electrons. The summed E-state index contributed by atoms with van der Waals surface area (Å²) in [6, 6.07) is 11.2. The Bertz CT molecular complexity index is 487. The van der Waals surface area contributed by atoms with Crippen LogP contribution in [-0.2, 0) is 9.53 Å². The molecule has 1 saturated heterocycles. The van der Waals surface area contributed by atoms with Gasteiger partial charge in [-0.3, -0.25) is 9.69 Å². The summed E-state index contributed by atoms with van der Waals surface area (Å²) >= 11 is 0. The van der Waals surface area contributed by atoms with Gasteiger partial charge in [0.2, 0.25) is 0 Å². The number of carbonyl (C=O) groups excluding carboxylic acids is 1. The second kappa shape index (κ2) is 5.21. The molecule has 3 heteroatoms. The van der Waals surface area contributed by atoms with Gasteiger partial charge in [-0.1, -0.05) is 37.3 Å². The first-order valence-electron chi connectivity index (χ1n) is 7.53. The maximum Gasteiger partial charge on any atom is 0.323 e. The Morgan fingerprint density at radius 2 is 2.00 bits per heavy atom. The van der Waals surface area contributed by atoms with Crippen molar-refractivity contribution in [1.82, 2.24) is 4.90 Å². The van der Waals surface area contributed by atoms with Gasteiger partial charge < -0.3 is 4.74 Å². The van der Waals surface area contributed by atoms with E-state index >= 15 is 0 Å². The van der Waals surface area contributed by atoms with Gasteiger partial charge in [-0.2, -0.15) is 0 Å². The lowest BCUT2D eigenvalue weighted by molar-refractivity contribution is -0.150. The minimum absolute atomic E-state index is 0.0631. The van der Waals surface area contributed by atoms with Crippen LogP contribution in [0.5, 0.6) is 0 Å². The molecule has 0 aromatic heterocycles. The summed E-state index contributed by atoms with van der Waals surface area (Å²) in [5.74, 6) is 1.02. The van der Waals surface area contributed by atoms with Crippen molar-refractivity contribution in [2.45, 2.75) is 44.8 Å². The average molecular weight is 273 g/mol. The number of methoxy groups -OCH3 is 1. The highest BCUT2D eigenvalue weighted by Gasteiger charge is 2.54. The van der Waals surface area contributed by atoms with Gasteiger partial charge in [-0.05, 0) is 37.2 Å². The van der Waals surface area contributed by atoms with Crippen molar-refractivity contribution in [3.63, 3.8) is 0 Å². The minimum atomic E-state index is -0.0658. The van der Waals surface area contributed by atoms with E-state index in [1.54, 1.807) is 0 Å². The molecule has 1 heterocycles. The Morgan fingerprint density at radius 1 is 1.30 bits per heavy atom. The first-order chi connectivity index (χ1) is 9.63. The lowest BCUT2D eigenvalue weighted by Crippen LogP contribution is -2.49. The van der Waals surface area contributed by atoms with Gasteiger partial charge in [0.1, 0.15) is 6.04 Å². The quantitative estimate of drug-likeness (QED) is 0.793. The lowest BCUT2D eigenvalue weighted by atomic mass is 9.88. The van der Waals surface area contributed by atoms with Crippen LogP contribution in [0.25, 0.3) is 0 Å². The van der Waals surface area contributed by atoms with Crippen molar-refractivity contribution in [1.29, 1.82) is 0 Å². The Morgan fingerprint density at radius 3 is 2.65 bits per heavy atom. The summed E-state index contributed by atoms with van der Waals surface area (Å²) < 4.78 is 5.07. The van der Waals surface area contributed by atoms with Crippen molar-refractivity contribution < 1.29 is 9.53 Å². The van der Waals surface area contributed by atoms with Crippen LogP contribution in [0.3, 0.4) is 0 Å². The molecule has 0 amide bonds. The predicted octanol–water partition coefficient (Wildman–Crippen LogP) is 3.02. The van der Waals surface area contributed by atoms with Crippen LogP contribution in [0.1, 0.15) is 38.3 Å². The first-order valence-corrected chi connectivity index (χ1v) is 7.53. The van der Waals surface area contributed by atoms with Gasteiger partial charge in [0.15, 0.2) is 0 Å². The zero-order chi connectivity index (χ0) is 14.3. The number of likely N-dealkylation sites (tertiary alicyclic amines) is 1. The van der Waals surface area contributed by atoms with E-state index < -0.39 is 0 Å². The van der Waals surface area contributed by atoms with E-state index in [0.29, 0.717) is 17.9 Å². The average Bonchev–Trinajstić information content (AvgIpc) is 3.03. The number of hydrogen-bond acceptors (Lipinski definition) is 3. The van der Waals surface area contributed by atoms with Crippen molar-refractivity contribution in [2.24, 2.45) is 11.8 Å². The number of ether oxygens (including phenoxy) is 1. The third-order valence-electron chi connectivity index (χ3n) is 5.24. The third kappa shape index (κ3) is 2.05. The molecular weight excluding hydrogens is 250 g/mol. The smallest absolute Gasteiger partial charge is 0.323 e. The maximum atomic E-state index is 12.2. The molecule has 1 unspecified atom stereocenters. The van der Waals surface area contributed by atoms with E-state index in [1.165, 1.54) is 19.1 Å². The predicted molar refractivity (Wildman–Crippen MR) is 78.2 cm³/mol. The van der Waals surface area contributed by atoms with Crippen LogP contribution >= 0.6 is 0 Å². The molecule has 1 aromatic rings.